The van der Waals surface area contributed by atoms with Crippen LogP contribution in [0.2, 0.25) is 0 Å². The molecule has 0 fully saturated rings. The highest BCUT2D eigenvalue weighted by Crippen LogP contribution is 2.24. The molecule has 0 saturated carbocycles. The Balaban J connectivity index is 1.72. The number of rotatable bonds is 7. The predicted octanol–water partition coefficient (Wildman–Crippen LogP) is 5.56. The minimum atomic E-state index is -0.374. The van der Waals surface area contributed by atoms with Crippen molar-refractivity contribution in [2.75, 3.05) is 7.11 Å². The average molecular weight is 518 g/mol. The number of amides is 1. The van der Waals surface area contributed by atoms with Crippen LogP contribution in [0.5, 0.6) is 11.5 Å². The number of methoxy groups -OCH3 is 1. The lowest BCUT2D eigenvalue weighted by Crippen LogP contribution is -2.18. The SMILES string of the molecule is COc1ccc(Br)cc1C(=O)NN=Cc1cc(Br)ccc1OCc1ccccc1. The van der Waals surface area contributed by atoms with Gasteiger partial charge < -0.3 is 9.47 Å². The first-order valence-electron chi connectivity index (χ1n) is 8.70. The molecular weight excluding hydrogens is 500 g/mol. The van der Waals surface area contributed by atoms with Crippen molar-refractivity contribution in [3.05, 3.63) is 92.4 Å². The first-order valence-corrected chi connectivity index (χ1v) is 10.3. The highest BCUT2D eigenvalue weighted by atomic mass is 79.9. The summed E-state index contributed by atoms with van der Waals surface area (Å²) in [7, 11) is 1.52. The van der Waals surface area contributed by atoms with E-state index in [0.717, 1.165) is 20.1 Å². The summed E-state index contributed by atoms with van der Waals surface area (Å²) in [6.07, 6.45) is 1.55. The van der Waals surface area contributed by atoms with Gasteiger partial charge in [0.25, 0.3) is 5.91 Å². The second-order valence-electron chi connectivity index (χ2n) is 6.00. The maximum Gasteiger partial charge on any atom is 0.275 e. The number of halogens is 2. The van der Waals surface area contributed by atoms with Crippen LogP contribution in [-0.2, 0) is 6.61 Å². The molecule has 1 amide bonds. The number of carbonyl (C=O) groups is 1. The van der Waals surface area contributed by atoms with E-state index >= 15 is 0 Å². The van der Waals surface area contributed by atoms with Crippen LogP contribution >= 0.6 is 31.9 Å². The van der Waals surface area contributed by atoms with E-state index in [9.17, 15) is 4.79 Å². The molecule has 0 aliphatic rings. The zero-order valence-electron chi connectivity index (χ0n) is 15.6. The summed E-state index contributed by atoms with van der Waals surface area (Å²) < 4.78 is 12.8. The van der Waals surface area contributed by atoms with Gasteiger partial charge in [-0.25, -0.2) is 5.43 Å². The van der Waals surface area contributed by atoms with Crippen molar-refractivity contribution in [3.8, 4) is 11.5 Å². The summed E-state index contributed by atoms with van der Waals surface area (Å²) in [5.74, 6) is 0.756. The molecule has 0 spiro atoms. The molecule has 0 radical (unpaired) electrons. The molecule has 5 nitrogen and oxygen atoms in total. The molecule has 0 atom stereocenters. The lowest BCUT2D eigenvalue weighted by Gasteiger charge is -2.10. The molecule has 0 bridgehead atoms. The molecule has 29 heavy (non-hydrogen) atoms. The van der Waals surface area contributed by atoms with E-state index in [2.05, 4.69) is 42.4 Å². The minimum Gasteiger partial charge on any atom is -0.496 e. The van der Waals surface area contributed by atoms with E-state index < -0.39 is 0 Å². The van der Waals surface area contributed by atoms with Gasteiger partial charge in [-0.1, -0.05) is 62.2 Å². The van der Waals surface area contributed by atoms with Gasteiger partial charge in [-0.05, 0) is 42.0 Å². The monoisotopic (exact) mass is 516 g/mol. The molecule has 148 valence electrons. The van der Waals surface area contributed by atoms with Gasteiger partial charge in [0.15, 0.2) is 0 Å². The largest absolute Gasteiger partial charge is 0.496 e. The highest BCUT2D eigenvalue weighted by molar-refractivity contribution is 9.10. The minimum absolute atomic E-state index is 0.374. The zero-order valence-corrected chi connectivity index (χ0v) is 18.7. The van der Waals surface area contributed by atoms with Crippen molar-refractivity contribution in [2.45, 2.75) is 6.61 Å². The van der Waals surface area contributed by atoms with Gasteiger partial charge >= 0.3 is 0 Å². The smallest absolute Gasteiger partial charge is 0.275 e. The standard InChI is InChI=1S/C22H18Br2N2O3/c1-28-21-10-8-18(24)12-19(21)22(27)26-25-13-16-11-17(23)7-9-20(16)29-14-15-5-3-2-4-6-15/h2-13H,14H2,1H3,(H,26,27). The van der Waals surface area contributed by atoms with Crippen molar-refractivity contribution in [3.63, 3.8) is 0 Å². The van der Waals surface area contributed by atoms with E-state index in [-0.39, 0.29) is 5.91 Å². The summed E-state index contributed by atoms with van der Waals surface area (Å²) in [5.41, 5.74) is 4.71. The third-order valence-corrected chi connectivity index (χ3v) is 4.97. The number of carbonyl (C=O) groups excluding carboxylic acids is 1. The van der Waals surface area contributed by atoms with Crippen LogP contribution in [-0.4, -0.2) is 19.2 Å². The fourth-order valence-corrected chi connectivity index (χ4v) is 3.31. The molecule has 0 aliphatic heterocycles. The normalized spacial score (nSPS) is 10.7. The van der Waals surface area contributed by atoms with Crippen LogP contribution in [0.15, 0.2) is 80.8 Å². The van der Waals surface area contributed by atoms with Gasteiger partial charge in [0.05, 0.1) is 18.9 Å². The summed E-state index contributed by atoms with van der Waals surface area (Å²) in [6, 6.07) is 20.7. The molecule has 0 heterocycles. The first-order chi connectivity index (χ1) is 14.1. The number of nitrogens with one attached hydrogen (secondary N) is 1. The second-order valence-corrected chi connectivity index (χ2v) is 7.83. The highest BCUT2D eigenvalue weighted by Gasteiger charge is 2.12. The van der Waals surface area contributed by atoms with Gasteiger partial charge in [-0.2, -0.15) is 5.10 Å². The van der Waals surface area contributed by atoms with Gasteiger partial charge in [0.2, 0.25) is 0 Å². The number of hydrogen-bond donors (Lipinski definition) is 1. The summed E-state index contributed by atoms with van der Waals surface area (Å²) in [6.45, 7) is 0.435. The number of ether oxygens (including phenoxy) is 2. The van der Waals surface area contributed by atoms with Crippen molar-refractivity contribution in [2.24, 2.45) is 5.10 Å². The van der Waals surface area contributed by atoms with Crippen LogP contribution in [0, 0.1) is 0 Å². The summed E-state index contributed by atoms with van der Waals surface area (Å²) >= 11 is 6.81. The Bertz CT molecular complexity index is 1020. The van der Waals surface area contributed by atoms with E-state index in [4.69, 9.17) is 9.47 Å². The van der Waals surface area contributed by atoms with Gasteiger partial charge in [-0.3, -0.25) is 4.79 Å². The lowest BCUT2D eigenvalue weighted by atomic mass is 10.2. The molecule has 3 aromatic rings. The van der Waals surface area contributed by atoms with Crippen LogP contribution < -0.4 is 14.9 Å². The summed E-state index contributed by atoms with van der Waals surface area (Å²) in [4.78, 5) is 12.5. The maximum absolute atomic E-state index is 12.5. The Labute approximate surface area is 186 Å². The molecule has 0 saturated heterocycles. The number of hydrazone groups is 1. The second kappa shape index (κ2) is 10.2. The predicted molar refractivity (Wildman–Crippen MR) is 121 cm³/mol. The lowest BCUT2D eigenvalue weighted by molar-refractivity contribution is 0.0952. The third-order valence-electron chi connectivity index (χ3n) is 3.98. The van der Waals surface area contributed by atoms with Crippen LogP contribution in [0.1, 0.15) is 21.5 Å². The Morgan fingerprint density at radius 1 is 1.00 bits per heavy atom. The average Bonchev–Trinajstić information content (AvgIpc) is 2.73. The van der Waals surface area contributed by atoms with Crippen LogP contribution in [0.4, 0.5) is 0 Å². The topological polar surface area (TPSA) is 59.9 Å². The number of benzene rings is 3. The molecule has 3 rings (SSSR count). The Morgan fingerprint density at radius 3 is 2.41 bits per heavy atom. The quantitative estimate of drug-likeness (QED) is 0.329. The zero-order chi connectivity index (χ0) is 20.6. The van der Waals surface area contributed by atoms with Crippen molar-refractivity contribution in [1.29, 1.82) is 0 Å². The van der Waals surface area contributed by atoms with E-state index in [0.29, 0.717) is 23.7 Å². The number of hydrogen-bond acceptors (Lipinski definition) is 4. The summed E-state index contributed by atoms with van der Waals surface area (Å²) in [5, 5.41) is 4.08. The first kappa shape index (κ1) is 21.1. The Hall–Kier alpha value is -2.64. The Morgan fingerprint density at radius 2 is 1.69 bits per heavy atom. The van der Waals surface area contributed by atoms with Gasteiger partial charge in [-0.15, -0.1) is 0 Å². The molecular formula is C22H18Br2N2O3. The Kier molecular flexibility index (Phi) is 7.43. The number of nitrogens with zero attached hydrogens (tertiary/aromatic N) is 1. The van der Waals surface area contributed by atoms with Crippen molar-refractivity contribution >= 4 is 44.0 Å². The molecule has 0 unspecified atom stereocenters. The van der Waals surface area contributed by atoms with Crippen LogP contribution in [0.25, 0.3) is 0 Å². The molecule has 7 heteroatoms. The van der Waals surface area contributed by atoms with E-state index in [1.165, 1.54) is 7.11 Å². The molecule has 0 aliphatic carbocycles. The third kappa shape index (κ3) is 5.92. The van der Waals surface area contributed by atoms with E-state index in [1.807, 2.05) is 48.5 Å². The van der Waals surface area contributed by atoms with Gasteiger partial charge in [0, 0.05) is 14.5 Å². The van der Waals surface area contributed by atoms with Crippen molar-refractivity contribution < 1.29 is 14.3 Å². The fourth-order valence-electron chi connectivity index (χ4n) is 2.57. The molecule has 1 N–H and O–H groups in total. The molecule has 3 aromatic carbocycles. The van der Waals surface area contributed by atoms with Gasteiger partial charge in [0.1, 0.15) is 18.1 Å². The maximum atomic E-state index is 12.5. The van der Waals surface area contributed by atoms with Crippen LogP contribution in [0.3, 0.4) is 0 Å². The van der Waals surface area contributed by atoms with E-state index in [1.54, 1.807) is 24.4 Å². The molecule has 0 aromatic heterocycles. The fraction of sp³-hybridized carbons (Fsp3) is 0.0909. The van der Waals surface area contributed by atoms with Crippen molar-refractivity contribution in [1.82, 2.24) is 5.43 Å².